The Morgan fingerprint density at radius 3 is 2.90 bits per heavy atom. The van der Waals surface area contributed by atoms with Crippen molar-refractivity contribution >= 4 is 16.9 Å². The first kappa shape index (κ1) is 13.0. The van der Waals surface area contributed by atoms with Crippen LogP contribution in [0.4, 0.5) is 0 Å². The molecule has 4 nitrogen and oxygen atoms in total. The lowest BCUT2D eigenvalue weighted by molar-refractivity contribution is 0.316. The molecule has 108 valence electrons. The Morgan fingerprint density at radius 2 is 2.19 bits per heavy atom. The van der Waals surface area contributed by atoms with E-state index < -0.39 is 0 Å². The van der Waals surface area contributed by atoms with Crippen LogP contribution in [0.3, 0.4) is 0 Å². The number of aromatic amines is 1. The Bertz CT molecular complexity index is 679. The van der Waals surface area contributed by atoms with E-state index in [1.807, 2.05) is 30.1 Å². The van der Waals surface area contributed by atoms with Crippen LogP contribution in [0, 0.1) is 6.92 Å². The van der Waals surface area contributed by atoms with E-state index in [9.17, 15) is 0 Å². The summed E-state index contributed by atoms with van der Waals surface area (Å²) in [5.74, 6) is 0. The summed E-state index contributed by atoms with van der Waals surface area (Å²) in [4.78, 5) is 15.4. The highest BCUT2D eigenvalue weighted by atomic mass is 32.2. The maximum atomic E-state index is 4.96. The van der Waals surface area contributed by atoms with Gasteiger partial charge in [0.25, 0.3) is 0 Å². The first-order valence-corrected chi connectivity index (χ1v) is 8.18. The van der Waals surface area contributed by atoms with Gasteiger partial charge in [-0.25, -0.2) is 0 Å². The summed E-state index contributed by atoms with van der Waals surface area (Å²) in [6.07, 6.45) is 1.85. The summed E-state index contributed by atoms with van der Waals surface area (Å²) in [5.41, 5.74) is 3.47. The van der Waals surface area contributed by atoms with Gasteiger partial charge in [-0.1, -0.05) is 24.8 Å². The average molecular weight is 298 g/mol. The van der Waals surface area contributed by atoms with Gasteiger partial charge in [0.15, 0.2) is 5.17 Å². The number of pyridine rings is 1. The fourth-order valence-electron chi connectivity index (χ4n) is 3.15. The van der Waals surface area contributed by atoms with Crippen molar-refractivity contribution in [3.8, 4) is 0 Å². The number of amidine groups is 1. The molecule has 0 aromatic carbocycles. The minimum absolute atomic E-state index is 0.0826. The van der Waals surface area contributed by atoms with Crippen LogP contribution in [0.15, 0.2) is 41.5 Å². The highest BCUT2D eigenvalue weighted by Crippen LogP contribution is 2.47. The number of hydrogen-bond acceptors (Lipinski definition) is 4. The molecule has 0 saturated carbocycles. The lowest BCUT2D eigenvalue weighted by Crippen LogP contribution is -2.28. The highest BCUT2D eigenvalue weighted by Gasteiger charge is 2.43. The quantitative estimate of drug-likeness (QED) is 0.925. The molecule has 2 aromatic heterocycles. The van der Waals surface area contributed by atoms with E-state index >= 15 is 0 Å². The molecule has 0 amide bonds. The number of fused-ring (bicyclic) bond motifs is 1. The van der Waals surface area contributed by atoms with E-state index in [2.05, 4.69) is 46.9 Å². The van der Waals surface area contributed by atoms with Crippen molar-refractivity contribution < 1.29 is 0 Å². The molecular formula is C16H18N4S. The van der Waals surface area contributed by atoms with Crippen LogP contribution in [0.1, 0.15) is 36.1 Å². The molecule has 5 heteroatoms. The number of aromatic nitrogens is 2. The second-order valence-corrected chi connectivity index (χ2v) is 7.14. The predicted octanol–water partition coefficient (Wildman–Crippen LogP) is 3.31. The molecule has 1 N–H and O–H groups in total. The molecule has 4 heterocycles. The van der Waals surface area contributed by atoms with Crippen LogP contribution in [0.25, 0.3) is 0 Å². The van der Waals surface area contributed by atoms with Gasteiger partial charge >= 0.3 is 0 Å². The molecule has 0 bridgehead atoms. The highest BCUT2D eigenvalue weighted by molar-refractivity contribution is 8.14. The minimum Gasteiger partial charge on any atom is -0.361 e. The number of hydrogen-bond donors (Lipinski definition) is 1. The summed E-state index contributed by atoms with van der Waals surface area (Å²) in [6.45, 7) is 5.41. The number of thioether (sulfide) groups is 1. The van der Waals surface area contributed by atoms with Crippen LogP contribution in [0.5, 0.6) is 0 Å². The van der Waals surface area contributed by atoms with Crippen LogP contribution in [-0.4, -0.2) is 31.8 Å². The summed E-state index contributed by atoms with van der Waals surface area (Å²) >= 11 is 1.87. The summed E-state index contributed by atoms with van der Waals surface area (Å²) in [7, 11) is 0. The number of nitrogens with zero attached hydrogens (tertiary/aromatic N) is 3. The molecule has 0 radical (unpaired) electrons. The van der Waals surface area contributed by atoms with Crippen molar-refractivity contribution in [1.82, 2.24) is 14.9 Å². The summed E-state index contributed by atoms with van der Waals surface area (Å²) in [5, 5.41) is 1.77. The first-order chi connectivity index (χ1) is 10.2. The monoisotopic (exact) mass is 298 g/mol. The summed E-state index contributed by atoms with van der Waals surface area (Å²) < 4.78 is 0. The Hall–Kier alpha value is -1.75. The molecule has 4 rings (SSSR count). The molecule has 1 saturated heterocycles. The van der Waals surface area contributed by atoms with E-state index in [0.29, 0.717) is 5.25 Å². The molecule has 0 aliphatic carbocycles. The van der Waals surface area contributed by atoms with Crippen LogP contribution < -0.4 is 0 Å². The average Bonchev–Trinajstić information content (AvgIpc) is 3.13. The van der Waals surface area contributed by atoms with Gasteiger partial charge in [-0.3, -0.25) is 9.98 Å². The maximum Gasteiger partial charge on any atom is 0.160 e. The molecule has 2 aromatic rings. The van der Waals surface area contributed by atoms with Gasteiger partial charge in [0.1, 0.15) is 6.04 Å². The minimum atomic E-state index is 0.0826. The number of nitrogens with one attached hydrogen (secondary N) is 1. The standard InChI is InChI=1S/C16H18N4S/c1-10-6-7-13(18-10)15-14(12-5-3-4-8-17-12)19-16-20(15)9-11(2)21-16/h3-8,11,14-15,18H,9H2,1-2H3. The first-order valence-electron chi connectivity index (χ1n) is 7.30. The zero-order chi connectivity index (χ0) is 14.4. The zero-order valence-corrected chi connectivity index (χ0v) is 13.0. The smallest absolute Gasteiger partial charge is 0.160 e. The van der Waals surface area contributed by atoms with Gasteiger partial charge in [0, 0.05) is 29.4 Å². The fourth-order valence-corrected chi connectivity index (χ4v) is 4.25. The predicted molar refractivity (Wildman–Crippen MR) is 86.4 cm³/mol. The normalized spacial score (nSPS) is 27.8. The van der Waals surface area contributed by atoms with Crippen molar-refractivity contribution in [3.05, 3.63) is 53.6 Å². The van der Waals surface area contributed by atoms with Gasteiger partial charge in [0.05, 0.1) is 11.7 Å². The topological polar surface area (TPSA) is 44.3 Å². The Morgan fingerprint density at radius 1 is 1.29 bits per heavy atom. The molecule has 21 heavy (non-hydrogen) atoms. The zero-order valence-electron chi connectivity index (χ0n) is 12.2. The number of aryl methyl sites for hydroxylation is 1. The van der Waals surface area contributed by atoms with Crippen LogP contribution in [0.2, 0.25) is 0 Å². The Balaban J connectivity index is 1.77. The van der Waals surface area contributed by atoms with Crippen molar-refractivity contribution in [2.75, 3.05) is 6.54 Å². The van der Waals surface area contributed by atoms with Crippen molar-refractivity contribution in [2.24, 2.45) is 4.99 Å². The van der Waals surface area contributed by atoms with Crippen molar-refractivity contribution in [3.63, 3.8) is 0 Å². The lowest BCUT2D eigenvalue weighted by Gasteiger charge is -2.26. The Kier molecular flexibility index (Phi) is 3.03. The van der Waals surface area contributed by atoms with Gasteiger partial charge in [-0.15, -0.1) is 0 Å². The van der Waals surface area contributed by atoms with E-state index in [-0.39, 0.29) is 12.1 Å². The van der Waals surface area contributed by atoms with E-state index in [0.717, 1.165) is 17.4 Å². The van der Waals surface area contributed by atoms with E-state index in [1.165, 1.54) is 11.4 Å². The largest absolute Gasteiger partial charge is 0.361 e. The van der Waals surface area contributed by atoms with Gasteiger partial charge in [-0.05, 0) is 31.2 Å². The lowest BCUT2D eigenvalue weighted by atomic mass is 10.0. The third-order valence-corrected chi connectivity index (χ3v) is 5.16. The molecule has 2 aliphatic rings. The molecule has 0 spiro atoms. The van der Waals surface area contributed by atoms with E-state index in [4.69, 9.17) is 4.99 Å². The van der Waals surface area contributed by atoms with E-state index in [1.54, 1.807) is 0 Å². The second-order valence-electron chi connectivity index (χ2n) is 5.73. The van der Waals surface area contributed by atoms with Gasteiger partial charge in [-0.2, -0.15) is 0 Å². The van der Waals surface area contributed by atoms with Crippen molar-refractivity contribution in [2.45, 2.75) is 31.2 Å². The molecule has 3 atom stereocenters. The summed E-state index contributed by atoms with van der Waals surface area (Å²) in [6, 6.07) is 10.7. The maximum absolute atomic E-state index is 4.96. The Labute approximate surface area is 128 Å². The van der Waals surface area contributed by atoms with Crippen molar-refractivity contribution in [1.29, 1.82) is 0 Å². The van der Waals surface area contributed by atoms with Crippen LogP contribution >= 0.6 is 11.8 Å². The molecule has 2 aliphatic heterocycles. The number of H-pyrrole nitrogens is 1. The SMILES string of the molecule is Cc1ccc(C2C(c3ccccn3)N=C3SC(C)CN32)[nH]1. The van der Waals surface area contributed by atoms with Gasteiger partial charge < -0.3 is 9.88 Å². The second kappa shape index (κ2) is 4.91. The fraction of sp³-hybridized carbons (Fsp3) is 0.375. The number of rotatable bonds is 2. The van der Waals surface area contributed by atoms with Crippen LogP contribution in [-0.2, 0) is 0 Å². The molecular weight excluding hydrogens is 280 g/mol. The molecule has 3 unspecified atom stereocenters. The van der Waals surface area contributed by atoms with Gasteiger partial charge in [0.2, 0.25) is 0 Å². The molecule has 1 fully saturated rings. The third kappa shape index (κ3) is 2.16. The number of aliphatic imine (C=N–C) groups is 1. The third-order valence-electron chi connectivity index (χ3n) is 4.05.